The van der Waals surface area contributed by atoms with E-state index in [-0.39, 0.29) is 23.8 Å². The van der Waals surface area contributed by atoms with Gasteiger partial charge in [0.15, 0.2) is 0 Å². The van der Waals surface area contributed by atoms with E-state index in [1.54, 1.807) is 4.90 Å². The highest BCUT2D eigenvalue weighted by Gasteiger charge is 2.41. The Morgan fingerprint density at radius 1 is 1.23 bits per heavy atom. The lowest BCUT2D eigenvalue weighted by Crippen LogP contribution is -2.51. The fourth-order valence-corrected chi connectivity index (χ4v) is 4.22. The Morgan fingerprint density at radius 2 is 1.94 bits per heavy atom. The lowest BCUT2D eigenvalue weighted by molar-refractivity contribution is -0.123. The molecule has 3 aliphatic rings. The number of amides is 2. The number of aromatic amines is 1. The Hall–Kier alpha value is -3.09. The maximum Gasteiger partial charge on any atom is 0.270 e. The Labute approximate surface area is 184 Å². The van der Waals surface area contributed by atoms with E-state index in [1.165, 1.54) is 0 Å². The summed E-state index contributed by atoms with van der Waals surface area (Å²) in [6.45, 7) is 16.0. The van der Waals surface area contributed by atoms with Gasteiger partial charge in [0.05, 0.1) is 6.04 Å². The van der Waals surface area contributed by atoms with Gasteiger partial charge in [-0.05, 0) is 37.0 Å². The van der Waals surface area contributed by atoms with E-state index in [4.69, 9.17) is 0 Å². The monoisotopic (exact) mass is 425 g/mol. The third-order valence-electron chi connectivity index (χ3n) is 5.72. The second-order valence-electron chi connectivity index (χ2n) is 7.64. The summed E-state index contributed by atoms with van der Waals surface area (Å²) in [6, 6.07) is 2.09. The van der Waals surface area contributed by atoms with Crippen LogP contribution in [-0.4, -0.2) is 65.0 Å². The second kappa shape index (κ2) is 11.3. The lowest BCUT2D eigenvalue weighted by atomic mass is 9.89. The summed E-state index contributed by atoms with van der Waals surface area (Å²) in [5.74, 6) is -0.0758. The van der Waals surface area contributed by atoms with Crippen LogP contribution in [0.4, 0.5) is 0 Å². The van der Waals surface area contributed by atoms with Gasteiger partial charge in [0.2, 0.25) is 0 Å². The van der Waals surface area contributed by atoms with Crippen LogP contribution in [0, 0.1) is 5.92 Å². The highest BCUT2D eigenvalue weighted by Crippen LogP contribution is 2.25. The summed E-state index contributed by atoms with van der Waals surface area (Å²) in [4.78, 5) is 32.6. The molecule has 2 atom stereocenters. The molecule has 1 saturated heterocycles. The van der Waals surface area contributed by atoms with Crippen molar-refractivity contribution in [2.75, 3.05) is 26.7 Å². The molecule has 7 nitrogen and oxygen atoms in total. The van der Waals surface area contributed by atoms with Crippen LogP contribution >= 0.6 is 0 Å². The highest BCUT2D eigenvalue weighted by molar-refractivity contribution is 6.40. The summed E-state index contributed by atoms with van der Waals surface area (Å²) in [7, 11) is 1.81. The number of piperidine rings is 1. The van der Waals surface area contributed by atoms with Crippen LogP contribution in [0.15, 0.2) is 37.5 Å². The number of nitrogens with one attached hydrogen (secondary N) is 2. The van der Waals surface area contributed by atoms with Gasteiger partial charge < -0.3 is 20.2 Å². The minimum absolute atomic E-state index is 0.00487. The van der Waals surface area contributed by atoms with Crippen molar-refractivity contribution in [1.29, 1.82) is 0 Å². The minimum Gasteiger partial charge on any atom is -0.351 e. The van der Waals surface area contributed by atoms with Crippen molar-refractivity contribution in [3.05, 3.63) is 48.6 Å². The van der Waals surface area contributed by atoms with Crippen molar-refractivity contribution < 1.29 is 9.59 Å². The Kier molecular flexibility index (Phi) is 8.85. The van der Waals surface area contributed by atoms with E-state index in [0.29, 0.717) is 31.0 Å². The van der Waals surface area contributed by atoms with E-state index < -0.39 is 0 Å². The molecule has 3 heterocycles. The first-order chi connectivity index (χ1) is 15.1. The smallest absolute Gasteiger partial charge is 0.270 e. The number of aromatic nitrogens is 1. The predicted molar refractivity (Wildman–Crippen MR) is 127 cm³/mol. The van der Waals surface area contributed by atoms with E-state index in [1.807, 2.05) is 24.9 Å². The molecular weight excluding hydrogens is 390 g/mol. The van der Waals surface area contributed by atoms with Crippen molar-refractivity contribution in [3.63, 3.8) is 0 Å². The molecular formula is C24H35N5O2. The van der Waals surface area contributed by atoms with Gasteiger partial charge in [-0.2, -0.15) is 5.10 Å². The number of nitrogens with zero attached hydrogens (tertiary/aromatic N) is 3. The quantitative estimate of drug-likeness (QED) is 0.720. The zero-order valence-electron chi connectivity index (χ0n) is 18.8. The Balaban J connectivity index is 0.000000807. The van der Waals surface area contributed by atoms with Crippen LogP contribution in [-0.2, 0) is 4.79 Å². The van der Waals surface area contributed by atoms with Crippen LogP contribution in [0.1, 0.15) is 43.1 Å². The van der Waals surface area contributed by atoms with Crippen LogP contribution in [0.2, 0.25) is 0 Å². The zero-order valence-corrected chi connectivity index (χ0v) is 18.8. The number of hydrogen-bond donors (Lipinski definition) is 2. The average Bonchev–Trinajstić information content (AvgIpc) is 3.44. The topological polar surface area (TPSA) is 80.8 Å². The molecule has 1 fully saturated rings. The molecule has 7 heteroatoms. The third-order valence-corrected chi connectivity index (χ3v) is 5.72. The highest BCUT2D eigenvalue weighted by atomic mass is 16.2. The van der Waals surface area contributed by atoms with Crippen molar-refractivity contribution in [3.8, 4) is 0 Å². The first-order valence-electron chi connectivity index (χ1n) is 10.9. The largest absolute Gasteiger partial charge is 0.351 e. The molecule has 2 aliphatic heterocycles. The van der Waals surface area contributed by atoms with Gasteiger partial charge in [0.1, 0.15) is 11.4 Å². The maximum absolute atomic E-state index is 13.0. The lowest BCUT2D eigenvalue weighted by Gasteiger charge is -2.35. The van der Waals surface area contributed by atoms with Crippen molar-refractivity contribution >= 4 is 29.7 Å². The normalized spacial score (nSPS) is 20.6. The number of hydrogen-bond acceptors (Lipinski definition) is 4. The first kappa shape index (κ1) is 24.2. The zero-order chi connectivity index (χ0) is 23.0. The molecule has 0 spiro atoms. The maximum atomic E-state index is 13.0. The summed E-state index contributed by atoms with van der Waals surface area (Å²) in [5.41, 5.74) is 4.30. The summed E-state index contributed by atoms with van der Waals surface area (Å²) in [5, 5.41) is 6.48. The average molecular weight is 426 g/mol. The molecule has 1 aromatic heterocycles. The van der Waals surface area contributed by atoms with E-state index in [0.717, 1.165) is 36.3 Å². The molecule has 31 heavy (non-hydrogen) atoms. The fraction of sp³-hybridized carbons (Fsp3) is 0.458. The number of rotatable bonds is 4. The third kappa shape index (κ3) is 5.16. The molecule has 4 rings (SSSR count). The summed E-state index contributed by atoms with van der Waals surface area (Å²) in [6.07, 6.45) is 8.05. The van der Waals surface area contributed by atoms with E-state index in [2.05, 4.69) is 54.0 Å². The molecule has 168 valence electrons. The minimum atomic E-state index is -0.0442. The number of hydrazone groups is 1. The Bertz CT molecular complexity index is 897. The molecule has 2 unspecified atom stereocenters. The first-order valence-corrected chi connectivity index (χ1v) is 10.9. The molecule has 0 aromatic carbocycles. The van der Waals surface area contributed by atoms with E-state index in [9.17, 15) is 9.59 Å². The molecule has 2 amide bonds. The number of carbonyl (C=O) groups is 2. The fourth-order valence-electron chi connectivity index (χ4n) is 4.22. The van der Waals surface area contributed by atoms with Gasteiger partial charge in [-0.25, -0.2) is 0 Å². The number of H-pyrrole nitrogens is 1. The van der Waals surface area contributed by atoms with Gasteiger partial charge in [0.25, 0.3) is 11.8 Å². The summed E-state index contributed by atoms with van der Waals surface area (Å²) < 4.78 is 0. The standard InChI is InChI=1S/C20H27N5O2.2C2H4/c1-3-9-24(2)20(27)18-14-12-25(10-8-16(14)22-23-18)19(26)17-11-13-6-4-5-7-15(13)21-17;2*1-2/h6-7,11,14,16,21-22H,3-5,8-10,12H2,1-2H3;2*1-2H2. The van der Waals surface area contributed by atoms with Crippen LogP contribution < -0.4 is 16.0 Å². The SMILES string of the molecule is C=C.C=C.CCCN(C)C(=O)C1=NNC2CCN(C(=O)c3cc4c([nH]3)=CCCC=4)CC12. The van der Waals surface area contributed by atoms with Crippen molar-refractivity contribution in [2.45, 2.75) is 38.6 Å². The van der Waals surface area contributed by atoms with Crippen molar-refractivity contribution in [1.82, 2.24) is 20.2 Å². The molecule has 0 bridgehead atoms. The second-order valence-corrected chi connectivity index (χ2v) is 7.64. The van der Waals surface area contributed by atoms with Gasteiger partial charge >= 0.3 is 0 Å². The van der Waals surface area contributed by atoms with Gasteiger partial charge in [0, 0.05) is 37.9 Å². The number of carbonyl (C=O) groups excluding carboxylic acids is 2. The van der Waals surface area contributed by atoms with Gasteiger partial charge in [-0.15, -0.1) is 26.3 Å². The predicted octanol–water partition coefficient (Wildman–Crippen LogP) is 1.63. The van der Waals surface area contributed by atoms with Crippen molar-refractivity contribution in [2.24, 2.45) is 11.0 Å². The molecule has 0 radical (unpaired) electrons. The van der Waals surface area contributed by atoms with Gasteiger partial charge in [-0.1, -0.05) is 19.1 Å². The number of fused-ring (bicyclic) bond motifs is 2. The van der Waals surface area contributed by atoms with E-state index >= 15 is 0 Å². The van der Waals surface area contributed by atoms with Gasteiger partial charge in [-0.3, -0.25) is 9.59 Å². The van der Waals surface area contributed by atoms with Crippen LogP contribution in [0.5, 0.6) is 0 Å². The molecule has 2 N–H and O–H groups in total. The summed E-state index contributed by atoms with van der Waals surface area (Å²) >= 11 is 0. The van der Waals surface area contributed by atoms with Crippen LogP contribution in [0.3, 0.4) is 0 Å². The van der Waals surface area contributed by atoms with Crippen LogP contribution in [0.25, 0.3) is 12.2 Å². The molecule has 1 aliphatic carbocycles. The molecule has 1 aromatic rings. The molecule has 0 saturated carbocycles. The Morgan fingerprint density at radius 3 is 2.61 bits per heavy atom. The number of likely N-dealkylation sites (tertiary alicyclic amines) is 1.